The van der Waals surface area contributed by atoms with Crippen molar-refractivity contribution in [3.05, 3.63) is 23.8 Å². The van der Waals surface area contributed by atoms with Crippen LogP contribution in [0.2, 0.25) is 0 Å². The van der Waals surface area contributed by atoms with Gasteiger partial charge in [0.25, 0.3) is 0 Å². The van der Waals surface area contributed by atoms with Gasteiger partial charge in [0.15, 0.2) is 0 Å². The Morgan fingerprint density at radius 2 is 2.11 bits per heavy atom. The smallest absolute Gasteiger partial charge is 0.319 e. The maximum Gasteiger partial charge on any atom is 0.319 e. The van der Waals surface area contributed by atoms with Crippen LogP contribution in [-0.4, -0.2) is 18.0 Å². The molecule has 0 spiro atoms. The summed E-state index contributed by atoms with van der Waals surface area (Å²) in [6.45, 7) is 5.64. The van der Waals surface area contributed by atoms with Crippen LogP contribution in [0.4, 0.5) is 16.2 Å². The minimum Gasteiger partial charge on any atom is -0.336 e. The van der Waals surface area contributed by atoms with Crippen LogP contribution in [0.5, 0.6) is 0 Å². The van der Waals surface area contributed by atoms with E-state index in [1.807, 2.05) is 32.9 Å². The molecule has 1 aliphatic heterocycles. The van der Waals surface area contributed by atoms with Crippen molar-refractivity contribution in [3.63, 3.8) is 0 Å². The van der Waals surface area contributed by atoms with Crippen molar-refractivity contribution in [2.45, 2.75) is 32.7 Å². The van der Waals surface area contributed by atoms with E-state index in [0.29, 0.717) is 5.69 Å². The number of rotatable bonds is 2. The molecule has 3 amide bonds. The molecule has 5 heteroatoms. The molecule has 96 valence electrons. The number of anilines is 2. The molecule has 5 nitrogen and oxygen atoms in total. The summed E-state index contributed by atoms with van der Waals surface area (Å²) in [6.07, 6.45) is 0. The molecule has 0 radical (unpaired) electrons. The average molecular weight is 247 g/mol. The molecule has 0 saturated heterocycles. The van der Waals surface area contributed by atoms with Gasteiger partial charge in [-0.2, -0.15) is 0 Å². The summed E-state index contributed by atoms with van der Waals surface area (Å²) in [5, 5.41) is 8.29. The molecule has 3 N–H and O–H groups in total. The van der Waals surface area contributed by atoms with E-state index in [1.54, 1.807) is 6.07 Å². The summed E-state index contributed by atoms with van der Waals surface area (Å²) in [5.74, 6) is -0.177. The van der Waals surface area contributed by atoms with Gasteiger partial charge >= 0.3 is 6.03 Å². The molecular formula is C13H17N3O2. The first-order valence-corrected chi connectivity index (χ1v) is 5.99. The van der Waals surface area contributed by atoms with Crippen molar-refractivity contribution in [3.8, 4) is 0 Å². The van der Waals surface area contributed by atoms with E-state index in [-0.39, 0.29) is 23.9 Å². The normalized spacial score (nSPS) is 17.3. The molecular weight excluding hydrogens is 230 g/mol. The van der Waals surface area contributed by atoms with Crippen LogP contribution in [0.25, 0.3) is 0 Å². The summed E-state index contributed by atoms with van der Waals surface area (Å²) in [7, 11) is 0. The lowest BCUT2D eigenvalue weighted by atomic mass is 10.0. The van der Waals surface area contributed by atoms with Crippen molar-refractivity contribution in [2.24, 2.45) is 0 Å². The summed E-state index contributed by atoms with van der Waals surface area (Å²) in [4.78, 5) is 23.1. The average Bonchev–Trinajstić information content (AvgIpc) is 2.54. The van der Waals surface area contributed by atoms with Crippen LogP contribution in [0.3, 0.4) is 0 Å². The fraction of sp³-hybridized carbons (Fsp3) is 0.385. The second kappa shape index (κ2) is 4.68. The zero-order valence-corrected chi connectivity index (χ0v) is 10.7. The van der Waals surface area contributed by atoms with Crippen molar-refractivity contribution < 1.29 is 9.59 Å². The highest BCUT2D eigenvalue weighted by molar-refractivity contribution is 6.03. The molecule has 1 unspecified atom stereocenters. The Labute approximate surface area is 106 Å². The predicted molar refractivity (Wildman–Crippen MR) is 70.8 cm³/mol. The Bertz CT molecular complexity index is 497. The summed E-state index contributed by atoms with van der Waals surface area (Å²) < 4.78 is 0. The minimum absolute atomic E-state index is 0.00576. The van der Waals surface area contributed by atoms with E-state index in [4.69, 9.17) is 0 Å². The van der Waals surface area contributed by atoms with Gasteiger partial charge in [-0.3, -0.25) is 4.79 Å². The van der Waals surface area contributed by atoms with Gasteiger partial charge in [-0.25, -0.2) is 4.79 Å². The van der Waals surface area contributed by atoms with Crippen LogP contribution in [0, 0.1) is 0 Å². The molecule has 1 aliphatic rings. The summed E-state index contributed by atoms with van der Waals surface area (Å²) in [6, 6.07) is 5.26. The maximum absolute atomic E-state index is 11.6. The van der Waals surface area contributed by atoms with E-state index in [2.05, 4.69) is 16.0 Å². The molecule has 0 bridgehead atoms. The predicted octanol–water partition coefficient (Wildman–Crippen LogP) is 2.27. The first-order valence-electron chi connectivity index (χ1n) is 5.99. The quantitative estimate of drug-likeness (QED) is 0.750. The number of hydrogen-bond acceptors (Lipinski definition) is 2. The zero-order valence-electron chi connectivity index (χ0n) is 10.7. The van der Waals surface area contributed by atoms with Gasteiger partial charge in [0.1, 0.15) is 0 Å². The molecule has 0 fully saturated rings. The number of carbonyl (C=O) groups excluding carboxylic acids is 2. The van der Waals surface area contributed by atoms with Crippen molar-refractivity contribution >= 4 is 23.3 Å². The number of nitrogens with one attached hydrogen (secondary N) is 3. The molecule has 0 saturated carbocycles. The number of urea groups is 1. The SMILES string of the molecule is CC(C)NC(=O)Nc1ccc2c(c1)C(C)C(=O)N2. The third-order valence-corrected chi connectivity index (χ3v) is 2.85. The third kappa shape index (κ3) is 2.45. The van der Waals surface area contributed by atoms with Gasteiger partial charge in [0, 0.05) is 17.4 Å². The monoisotopic (exact) mass is 247 g/mol. The molecule has 0 aromatic heterocycles. The first-order chi connectivity index (χ1) is 8.47. The molecule has 1 aromatic rings. The highest BCUT2D eigenvalue weighted by atomic mass is 16.2. The Hall–Kier alpha value is -2.04. The number of carbonyl (C=O) groups is 2. The van der Waals surface area contributed by atoms with E-state index >= 15 is 0 Å². The van der Waals surface area contributed by atoms with Gasteiger partial charge in [0.05, 0.1) is 5.92 Å². The van der Waals surface area contributed by atoms with Crippen LogP contribution in [0.1, 0.15) is 32.3 Å². The van der Waals surface area contributed by atoms with Crippen molar-refractivity contribution in [1.29, 1.82) is 0 Å². The van der Waals surface area contributed by atoms with Gasteiger partial charge in [0.2, 0.25) is 5.91 Å². The molecule has 18 heavy (non-hydrogen) atoms. The molecule has 0 aliphatic carbocycles. The van der Waals surface area contributed by atoms with Crippen LogP contribution in [0.15, 0.2) is 18.2 Å². The topological polar surface area (TPSA) is 70.2 Å². The second-order valence-corrected chi connectivity index (χ2v) is 4.77. The molecule has 1 atom stereocenters. The Kier molecular flexibility index (Phi) is 3.23. The van der Waals surface area contributed by atoms with Crippen molar-refractivity contribution in [1.82, 2.24) is 5.32 Å². The molecule has 1 heterocycles. The van der Waals surface area contributed by atoms with E-state index in [9.17, 15) is 9.59 Å². The lowest BCUT2D eigenvalue weighted by Gasteiger charge is -2.11. The Morgan fingerprint density at radius 1 is 1.39 bits per heavy atom. The zero-order chi connectivity index (χ0) is 13.3. The number of hydrogen-bond donors (Lipinski definition) is 3. The van der Waals surface area contributed by atoms with Crippen LogP contribution < -0.4 is 16.0 Å². The van der Waals surface area contributed by atoms with E-state index in [0.717, 1.165) is 11.3 Å². The third-order valence-electron chi connectivity index (χ3n) is 2.85. The summed E-state index contributed by atoms with van der Waals surface area (Å²) >= 11 is 0. The van der Waals surface area contributed by atoms with Crippen molar-refractivity contribution in [2.75, 3.05) is 10.6 Å². The fourth-order valence-electron chi connectivity index (χ4n) is 1.92. The Morgan fingerprint density at radius 3 is 2.78 bits per heavy atom. The van der Waals surface area contributed by atoms with Crippen LogP contribution >= 0.6 is 0 Å². The lowest BCUT2D eigenvalue weighted by molar-refractivity contribution is -0.116. The Balaban J connectivity index is 2.13. The maximum atomic E-state index is 11.6. The van der Waals surface area contributed by atoms with E-state index < -0.39 is 0 Å². The second-order valence-electron chi connectivity index (χ2n) is 4.77. The standard InChI is InChI=1S/C13H17N3O2/c1-7(2)14-13(18)15-9-4-5-11-10(6-9)8(3)12(17)16-11/h4-8H,1-3H3,(H,16,17)(H2,14,15,18). The van der Waals surface area contributed by atoms with Gasteiger partial charge in [-0.15, -0.1) is 0 Å². The van der Waals surface area contributed by atoms with E-state index in [1.165, 1.54) is 0 Å². The highest BCUT2D eigenvalue weighted by Crippen LogP contribution is 2.33. The number of amides is 3. The van der Waals surface area contributed by atoms with Crippen LogP contribution in [-0.2, 0) is 4.79 Å². The summed E-state index contributed by atoms with van der Waals surface area (Å²) in [5.41, 5.74) is 2.43. The first kappa shape index (κ1) is 12.4. The highest BCUT2D eigenvalue weighted by Gasteiger charge is 2.26. The number of benzene rings is 1. The van der Waals surface area contributed by atoms with Gasteiger partial charge in [-0.05, 0) is 44.5 Å². The molecule has 2 rings (SSSR count). The number of fused-ring (bicyclic) bond motifs is 1. The minimum atomic E-state index is -0.241. The fourth-order valence-corrected chi connectivity index (χ4v) is 1.92. The van der Waals surface area contributed by atoms with Gasteiger partial charge < -0.3 is 16.0 Å². The lowest BCUT2D eigenvalue weighted by Crippen LogP contribution is -2.34. The molecule has 1 aromatic carbocycles. The largest absolute Gasteiger partial charge is 0.336 e. The van der Waals surface area contributed by atoms with Gasteiger partial charge in [-0.1, -0.05) is 0 Å².